The van der Waals surface area contributed by atoms with Crippen LogP contribution in [0.1, 0.15) is 28.7 Å². The highest BCUT2D eigenvalue weighted by molar-refractivity contribution is 6.10. The van der Waals surface area contributed by atoms with Gasteiger partial charge in [0.05, 0.1) is 24.2 Å². The normalized spacial score (nSPS) is 14.1. The molecular weight excluding hydrogens is 328 g/mol. The summed E-state index contributed by atoms with van der Waals surface area (Å²) in [5.74, 6) is -0.810. The first-order valence-electron chi connectivity index (χ1n) is 8.52. The Bertz CT molecular complexity index is 915. The second-order valence-corrected chi connectivity index (χ2v) is 6.51. The van der Waals surface area contributed by atoms with Crippen molar-refractivity contribution in [2.75, 3.05) is 11.9 Å². The molecule has 3 rings (SSSR count). The number of aliphatic hydroxyl groups excluding tert-OH is 1. The molecule has 2 N–H and O–H groups in total. The van der Waals surface area contributed by atoms with Gasteiger partial charge >= 0.3 is 0 Å². The van der Waals surface area contributed by atoms with Gasteiger partial charge in [-0.05, 0) is 37.1 Å². The number of hydrogen-bond acceptors (Lipinski definition) is 3. The summed E-state index contributed by atoms with van der Waals surface area (Å²) in [5.41, 5.74) is 4.48. The number of rotatable bonds is 3. The van der Waals surface area contributed by atoms with Crippen molar-refractivity contribution in [3.63, 3.8) is 0 Å². The van der Waals surface area contributed by atoms with Gasteiger partial charge in [-0.1, -0.05) is 35.9 Å². The molecule has 2 amide bonds. The summed E-state index contributed by atoms with van der Waals surface area (Å²) in [4.78, 5) is 26.7. The third-order valence-electron chi connectivity index (χ3n) is 4.69. The van der Waals surface area contributed by atoms with Gasteiger partial charge in [0.15, 0.2) is 0 Å². The third-order valence-corrected chi connectivity index (χ3v) is 4.69. The Kier molecular flexibility index (Phi) is 4.80. The lowest BCUT2D eigenvalue weighted by Crippen LogP contribution is -2.32. The average molecular weight is 350 g/mol. The van der Waals surface area contributed by atoms with Gasteiger partial charge in [0, 0.05) is 12.6 Å². The molecule has 0 saturated carbocycles. The highest BCUT2D eigenvalue weighted by Gasteiger charge is 2.30. The van der Waals surface area contributed by atoms with E-state index in [1.807, 2.05) is 32.0 Å². The molecule has 0 aliphatic carbocycles. The Hall–Kier alpha value is -3.08. The number of likely N-dealkylation sites (N-methyl/N-ethyl adjacent to an activating group) is 1. The molecule has 0 unspecified atom stereocenters. The quantitative estimate of drug-likeness (QED) is 0.893. The maximum absolute atomic E-state index is 12.9. The summed E-state index contributed by atoms with van der Waals surface area (Å²) in [6.45, 7) is 4.43. The van der Waals surface area contributed by atoms with Crippen molar-refractivity contribution in [3.8, 4) is 0 Å². The molecule has 0 spiro atoms. The molecular formula is C21H22N2O3. The summed E-state index contributed by atoms with van der Waals surface area (Å²) < 4.78 is 0. The number of carbonyl (C=O) groups excluding carboxylic acids is 2. The first kappa shape index (κ1) is 17.7. The zero-order chi connectivity index (χ0) is 18.8. The minimum atomic E-state index is -0.445. The van der Waals surface area contributed by atoms with Crippen LogP contribution >= 0.6 is 0 Å². The molecule has 0 radical (unpaired) electrons. The fourth-order valence-corrected chi connectivity index (χ4v) is 3.24. The van der Waals surface area contributed by atoms with E-state index in [1.165, 1.54) is 7.05 Å². The number of para-hydroxylation sites is 1. The van der Waals surface area contributed by atoms with Gasteiger partial charge in [-0.15, -0.1) is 0 Å². The van der Waals surface area contributed by atoms with Crippen molar-refractivity contribution in [2.45, 2.75) is 26.8 Å². The van der Waals surface area contributed by atoms with Gasteiger partial charge in [0.25, 0.3) is 5.91 Å². The molecule has 0 bridgehead atoms. The molecule has 1 aliphatic heterocycles. The van der Waals surface area contributed by atoms with Crippen molar-refractivity contribution in [3.05, 3.63) is 70.3 Å². The number of benzene rings is 2. The largest absolute Gasteiger partial charge is 0.507 e. The minimum Gasteiger partial charge on any atom is -0.507 e. The monoisotopic (exact) mass is 350 g/mol. The molecule has 2 aromatic rings. The summed E-state index contributed by atoms with van der Waals surface area (Å²) in [6.07, 6.45) is -0.148. The second kappa shape index (κ2) is 7.04. The van der Waals surface area contributed by atoms with Crippen LogP contribution in [0.15, 0.2) is 48.0 Å². The maximum Gasteiger partial charge on any atom is 0.251 e. The van der Waals surface area contributed by atoms with Crippen LogP contribution in [0.25, 0.3) is 5.76 Å². The van der Waals surface area contributed by atoms with Crippen LogP contribution in [0, 0.1) is 13.8 Å². The van der Waals surface area contributed by atoms with Gasteiger partial charge in [0.2, 0.25) is 5.91 Å². The van der Waals surface area contributed by atoms with Crippen molar-refractivity contribution < 1.29 is 14.7 Å². The summed E-state index contributed by atoms with van der Waals surface area (Å²) in [6, 6.07) is 13.2. The van der Waals surface area contributed by atoms with Crippen LogP contribution in [-0.4, -0.2) is 24.0 Å². The maximum atomic E-state index is 12.9. The first-order chi connectivity index (χ1) is 12.4. The Morgan fingerprint density at radius 1 is 1.19 bits per heavy atom. The van der Waals surface area contributed by atoms with Crippen LogP contribution in [0.3, 0.4) is 0 Å². The number of nitrogens with one attached hydrogen (secondary N) is 1. The summed E-state index contributed by atoms with van der Waals surface area (Å²) >= 11 is 0. The van der Waals surface area contributed by atoms with Crippen LogP contribution in [0.2, 0.25) is 0 Å². The van der Waals surface area contributed by atoms with Gasteiger partial charge in [-0.25, -0.2) is 0 Å². The van der Waals surface area contributed by atoms with E-state index >= 15 is 0 Å². The predicted molar refractivity (Wildman–Crippen MR) is 102 cm³/mol. The number of amides is 2. The molecule has 0 fully saturated rings. The molecule has 26 heavy (non-hydrogen) atoms. The zero-order valence-corrected chi connectivity index (χ0v) is 15.2. The third kappa shape index (κ3) is 3.20. The molecule has 2 aromatic carbocycles. The Morgan fingerprint density at radius 3 is 2.62 bits per heavy atom. The van der Waals surface area contributed by atoms with Crippen molar-refractivity contribution in [2.24, 2.45) is 0 Å². The average Bonchev–Trinajstić information content (AvgIpc) is 2.73. The second-order valence-electron chi connectivity index (χ2n) is 6.51. The van der Waals surface area contributed by atoms with Gasteiger partial charge in [0.1, 0.15) is 5.76 Å². The Balaban J connectivity index is 2.08. The highest BCUT2D eigenvalue weighted by atomic mass is 16.3. The smallest absolute Gasteiger partial charge is 0.251 e. The highest BCUT2D eigenvalue weighted by Crippen LogP contribution is 2.34. The van der Waals surface area contributed by atoms with Crippen LogP contribution in [0.4, 0.5) is 5.69 Å². The molecule has 5 heteroatoms. The zero-order valence-electron chi connectivity index (χ0n) is 15.2. The van der Waals surface area contributed by atoms with Crippen LogP contribution in [-0.2, 0) is 16.1 Å². The number of anilines is 1. The number of aryl methyl sites for hydroxylation is 2. The molecule has 0 atom stereocenters. The van der Waals surface area contributed by atoms with E-state index in [-0.39, 0.29) is 23.7 Å². The molecule has 5 nitrogen and oxygen atoms in total. The van der Waals surface area contributed by atoms with Crippen LogP contribution in [0.5, 0.6) is 0 Å². The fraction of sp³-hybridized carbons (Fsp3) is 0.238. The van der Waals surface area contributed by atoms with Gasteiger partial charge < -0.3 is 15.3 Å². The standard InChI is InChI=1S/C21H22N2O3/c1-13-8-9-15(14(2)10-13)12-23-18-7-5-4-6-16(18)20(25)17(11-19(23)24)21(26)22-3/h4-10,25H,11-12H2,1-3H3,(H,22,26). The lowest BCUT2D eigenvalue weighted by atomic mass is 10.0. The topological polar surface area (TPSA) is 69.6 Å². The van der Waals surface area contributed by atoms with E-state index in [2.05, 4.69) is 11.4 Å². The minimum absolute atomic E-state index is 0.0908. The lowest BCUT2D eigenvalue weighted by molar-refractivity contribution is -0.121. The number of nitrogens with zero attached hydrogens (tertiary/aromatic N) is 1. The summed E-state index contributed by atoms with van der Waals surface area (Å²) in [7, 11) is 1.48. The predicted octanol–water partition coefficient (Wildman–Crippen LogP) is 3.26. The van der Waals surface area contributed by atoms with E-state index in [0.29, 0.717) is 17.8 Å². The molecule has 0 aromatic heterocycles. The van der Waals surface area contributed by atoms with Crippen molar-refractivity contribution in [1.29, 1.82) is 0 Å². The Morgan fingerprint density at radius 2 is 1.92 bits per heavy atom. The molecule has 134 valence electrons. The first-order valence-corrected chi connectivity index (χ1v) is 8.52. The van der Waals surface area contributed by atoms with Crippen LogP contribution < -0.4 is 10.2 Å². The van der Waals surface area contributed by atoms with E-state index in [9.17, 15) is 14.7 Å². The number of carbonyl (C=O) groups is 2. The molecule has 0 saturated heterocycles. The van der Waals surface area contributed by atoms with E-state index in [4.69, 9.17) is 0 Å². The number of aliphatic hydroxyl groups is 1. The van der Waals surface area contributed by atoms with Gasteiger partial charge in [-0.3, -0.25) is 9.59 Å². The van der Waals surface area contributed by atoms with Gasteiger partial charge in [-0.2, -0.15) is 0 Å². The fourth-order valence-electron chi connectivity index (χ4n) is 3.24. The SMILES string of the molecule is CNC(=O)C1=C(O)c2ccccc2N(Cc2ccc(C)cc2C)C(=O)C1. The lowest BCUT2D eigenvalue weighted by Gasteiger charge is -2.24. The molecule has 1 aliphatic rings. The Labute approximate surface area is 153 Å². The number of fused-ring (bicyclic) bond motifs is 1. The van der Waals surface area contributed by atoms with Crippen molar-refractivity contribution >= 4 is 23.3 Å². The van der Waals surface area contributed by atoms with E-state index in [0.717, 1.165) is 16.7 Å². The van der Waals surface area contributed by atoms with E-state index < -0.39 is 5.91 Å². The van der Waals surface area contributed by atoms with E-state index in [1.54, 1.807) is 23.1 Å². The molecule has 1 heterocycles. The summed E-state index contributed by atoms with van der Waals surface area (Å²) in [5, 5.41) is 13.1. The number of hydrogen-bond donors (Lipinski definition) is 2. The van der Waals surface area contributed by atoms with Crippen molar-refractivity contribution in [1.82, 2.24) is 5.32 Å².